The van der Waals surface area contributed by atoms with Crippen molar-refractivity contribution in [1.82, 2.24) is 9.97 Å². The van der Waals surface area contributed by atoms with E-state index in [1.807, 2.05) is 0 Å². The van der Waals surface area contributed by atoms with Crippen molar-refractivity contribution in [1.29, 1.82) is 0 Å². The van der Waals surface area contributed by atoms with E-state index in [0.29, 0.717) is 17.8 Å². The second-order valence-corrected chi connectivity index (χ2v) is 4.98. The van der Waals surface area contributed by atoms with Gasteiger partial charge in [-0.25, -0.2) is 18.7 Å². The zero-order valence-corrected chi connectivity index (χ0v) is 11.0. The van der Waals surface area contributed by atoms with Crippen molar-refractivity contribution in [2.45, 2.75) is 16.1 Å². The van der Waals surface area contributed by atoms with Gasteiger partial charge >= 0.3 is 6.18 Å². The molecule has 0 aliphatic carbocycles. The van der Waals surface area contributed by atoms with E-state index in [9.17, 15) is 22.0 Å². The Morgan fingerprint density at radius 3 is 2.35 bits per heavy atom. The smallest absolute Gasteiger partial charge is 0.217 e. The second-order valence-electron chi connectivity index (χ2n) is 3.53. The SMILES string of the molecule is Fc1ccc(Sc2cc(Cl)nc(C(F)(F)F)n2)c(F)c1. The quantitative estimate of drug-likeness (QED) is 0.597. The van der Waals surface area contributed by atoms with E-state index in [2.05, 4.69) is 9.97 Å². The maximum atomic E-state index is 13.4. The van der Waals surface area contributed by atoms with Crippen molar-refractivity contribution in [2.24, 2.45) is 0 Å². The first kappa shape index (κ1) is 15.0. The third-order valence-corrected chi connectivity index (χ3v) is 3.20. The molecule has 2 aromatic rings. The molecule has 20 heavy (non-hydrogen) atoms. The summed E-state index contributed by atoms with van der Waals surface area (Å²) >= 11 is 6.06. The van der Waals surface area contributed by atoms with Crippen LogP contribution >= 0.6 is 23.4 Å². The van der Waals surface area contributed by atoms with Crippen LogP contribution in [0.1, 0.15) is 5.82 Å². The molecule has 0 unspecified atom stereocenters. The number of alkyl halides is 3. The Morgan fingerprint density at radius 1 is 1.05 bits per heavy atom. The van der Waals surface area contributed by atoms with Gasteiger partial charge in [-0.1, -0.05) is 23.4 Å². The molecule has 2 rings (SSSR count). The fraction of sp³-hybridized carbons (Fsp3) is 0.0909. The number of rotatable bonds is 2. The minimum atomic E-state index is -4.76. The molecule has 0 spiro atoms. The molecule has 0 atom stereocenters. The van der Waals surface area contributed by atoms with Gasteiger partial charge in [0.25, 0.3) is 0 Å². The first-order chi connectivity index (χ1) is 9.25. The highest BCUT2D eigenvalue weighted by Gasteiger charge is 2.35. The second kappa shape index (κ2) is 5.53. The van der Waals surface area contributed by atoms with E-state index in [1.54, 1.807) is 0 Å². The molecule has 0 bridgehead atoms. The predicted molar refractivity (Wildman–Crippen MR) is 62.5 cm³/mol. The average molecular weight is 327 g/mol. The van der Waals surface area contributed by atoms with Crippen molar-refractivity contribution < 1.29 is 22.0 Å². The number of hydrogen-bond donors (Lipinski definition) is 0. The highest BCUT2D eigenvalue weighted by molar-refractivity contribution is 7.99. The summed E-state index contributed by atoms with van der Waals surface area (Å²) < 4.78 is 63.6. The molecule has 2 nitrogen and oxygen atoms in total. The largest absolute Gasteiger partial charge is 0.451 e. The Hall–Kier alpha value is -1.41. The number of halogens is 6. The summed E-state index contributed by atoms with van der Waals surface area (Å²) in [4.78, 5) is 6.22. The summed E-state index contributed by atoms with van der Waals surface area (Å²) in [7, 11) is 0. The van der Waals surface area contributed by atoms with Crippen LogP contribution in [0, 0.1) is 11.6 Å². The zero-order chi connectivity index (χ0) is 14.9. The van der Waals surface area contributed by atoms with Crippen LogP contribution in [0.3, 0.4) is 0 Å². The molecule has 0 N–H and O–H groups in total. The standard InChI is InChI=1S/C11H4ClF5N2S/c12-8-4-9(19-10(18-8)11(15,16)17)20-7-2-1-5(13)3-6(7)14/h1-4H. The summed E-state index contributed by atoms with van der Waals surface area (Å²) in [6.07, 6.45) is -4.76. The van der Waals surface area contributed by atoms with E-state index in [0.717, 1.165) is 18.2 Å². The molecule has 0 amide bonds. The monoisotopic (exact) mass is 326 g/mol. The van der Waals surface area contributed by atoms with Crippen molar-refractivity contribution in [2.75, 3.05) is 0 Å². The first-order valence-corrected chi connectivity index (χ1v) is 6.20. The normalized spacial score (nSPS) is 11.7. The summed E-state index contributed by atoms with van der Waals surface area (Å²) in [5.41, 5.74) is 0. The molecule has 0 fully saturated rings. The molecule has 9 heteroatoms. The summed E-state index contributed by atoms with van der Waals surface area (Å²) in [5, 5.41) is -0.611. The Kier molecular flexibility index (Phi) is 4.14. The van der Waals surface area contributed by atoms with Gasteiger partial charge in [0.2, 0.25) is 5.82 Å². The van der Waals surface area contributed by atoms with Gasteiger partial charge in [-0.15, -0.1) is 0 Å². The maximum absolute atomic E-state index is 13.4. The third kappa shape index (κ3) is 3.57. The van der Waals surface area contributed by atoms with Crippen LogP contribution in [0.5, 0.6) is 0 Å². The topological polar surface area (TPSA) is 25.8 Å². The van der Waals surface area contributed by atoms with E-state index < -0.39 is 28.8 Å². The fourth-order valence-electron chi connectivity index (χ4n) is 1.25. The van der Waals surface area contributed by atoms with Gasteiger partial charge in [-0.05, 0) is 12.1 Å². The van der Waals surface area contributed by atoms with Gasteiger partial charge < -0.3 is 0 Å². The van der Waals surface area contributed by atoms with E-state index in [1.165, 1.54) is 0 Å². The highest BCUT2D eigenvalue weighted by atomic mass is 35.5. The van der Waals surface area contributed by atoms with Crippen molar-refractivity contribution in [3.8, 4) is 0 Å². The number of benzene rings is 1. The van der Waals surface area contributed by atoms with Gasteiger partial charge in [0, 0.05) is 17.0 Å². The van der Waals surface area contributed by atoms with Crippen molar-refractivity contribution in [3.05, 3.63) is 46.9 Å². The summed E-state index contributed by atoms with van der Waals surface area (Å²) in [6.45, 7) is 0. The van der Waals surface area contributed by atoms with Gasteiger partial charge in [-0.2, -0.15) is 13.2 Å². The molecule has 0 saturated carbocycles. The predicted octanol–water partition coefficient (Wildman–Crippen LogP) is 4.58. The van der Waals surface area contributed by atoms with Gasteiger partial charge in [0.15, 0.2) is 0 Å². The zero-order valence-electron chi connectivity index (χ0n) is 9.38. The lowest BCUT2D eigenvalue weighted by molar-refractivity contribution is -0.145. The number of hydrogen-bond acceptors (Lipinski definition) is 3. The van der Waals surface area contributed by atoms with E-state index in [-0.39, 0.29) is 9.92 Å². The lowest BCUT2D eigenvalue weighted by atomic mass is 10.3. The molecule has 0 saturated heterocycles. The average Bonchev–Trinajstić information content (AvgIpc) is 2.31. The first-order valence-electron chi connectivity index (χ1n) is 5.00. The van der Waals surface area contributed by atoms with Crippen LogP contribution in [-0.2, 0) is 6.18 Å². The molecule has 0 aliphatic heterocycles. The lowest BCUT2D eigenvalue weighted by Gasteiger charge is -2.08. The van der Waals surface area contributed by atoms with Gasteiger partial charge in [-0.3, -0.25) is 0 Å². The van der Waals surface area contributed by atoms with Gasteiger partial charge in [0.1, 0.15) is 21.8 Å². The fourth-order valence-corrected chi connectivity index (χ4v) is 2.32. The van der Waals surface area contributed by atoms with Crippen LogP contribution < -0.4 is 0 Å². The summed E-state index contributed by atoms with van der Waals surface area (Å²) in [6, 6.07) is 3.76. The molecule has 0 radical (unpaired) electrons. The molecule has 1 heterocycles. The van der Waals surface area contributed by atoms with Crippen LogP contribution in [0.4, 0.5) is 22.0 Å². The van der Waals surface area contributed by atoms with Crippen LogP contribution in [0.25, 0.3) is 0 Å². The Labute approximate surface area is 119 Å². The molecular weight excluding hydrogens is 323 g/mol. The van der Waals surface area contributed by atoms with E-state index >= 15 is 0 Å². The van der Waals surface area contributed by atoms with Gasteiger partial charge in [0.05, 0.1) is 0 Å². The Balaban J connectivity index is 2.36. The minimum absolute atomic E-state index is 0.0747. The number of aromatic nitrogens is 2. The summed E-state index contributed by atoms with van der Waals surface area (Å²) in [5.74, 6) is -3.11. The molecule has 106 valence electrons. The maximum Gasteiger partial charge on any atom is 0.451 e. The minimum Gasteiger partial charge on any atom is -0.217 e. The Morgan fingerprint density at radius 2 is 1.75 bits per heavy atom. The Bertz CT molecular complexity index is 647. The molecule has 1 aromatic carbocycles. The highest BCUT2D eigenvalue weighted by Crippen LogP contribution is 2.33. The van der Waals surface area contributed by atoms with Crippen molar-refractivity contribution >= 4 is 23.4 Å². The molecular formula is C11H4ClF5N2S. The van der Waals surface area contributed by atoms with Crippen LogP contribution in [0.15, 0.2) is 34.2 Å². The lowest BCUT2D eigenvalue weighted by Crippen LogP contribution is -2.11. The molecule has 0 aliphatic rings. The van der Waals surface area contributed by atoms with Crippen LogP contribution in [-0.4, -0.2) is 9.97 Å². The van der Waals surface area contributed by atoms with E-state index in [4.69, 9.17) is 11.6 Å². The van der Waals surface area contributed by atoms with Crippen LogP contribution in [0.2, 0.25) is 5.15 Å². The third-order valence-electron chi connectivity index (χ3n) is 2.03. The molecule has 1 aromatic heterocycles. The number of nitrogens with zero attached hydrogens (tertiary/aromatic N) is 2. The van der Waals surface area contributed by atoms with Crippen molar-refractivity contribution in [3.63, 3.8) is 0 Å².